The highest BCUT2D eigenvalue weighted by Gasteiger charge is 2.14. The first kappa shape index (κ1) is 12.6. The highest BCUT2D eigenvalue weighted by atomic mass is 33.1. The smallest absolute Gasteiger partial charge is 0.0672 e. The topological polar surface area (TPSA) is 9.23 Å². The second-order valence-corrected chi connectivity index (χ2v) is 5.65. The Bertz CT molecular complexity index is 391. The third kappa shape index (κ3) is 3.53. The first-order chi connectivity index (χ1) is 8.42. The monoisotopic (exact) mass is 262 g/mol. The van der Waals surface area contributed by atoms with E-state index < -0.39 is 0 Å². The molecule has 3 heteroatoms. The second kappa shape index (κ2) is 6.74. The molecule has 2 aromatic rings. The Hall–Kier alpha value is -0.900. The van der Waals surface area contributed by atoms with Crippen molar-refractivity contribution in [2.45, 2.75) is 5.25 Å². The molecule has 0 amide bonds. The van der Waals surface area contributed by atoms with Crippen molar-refractivity contribution in [1.29, 1.82) is 0 Å². The normalized spacial score (nSPS) is 10.7. The van der Waals surface area contributed by atoms with Crippen LogP contribution in [0.1, 0.15) is 16.4 Å². The van der Waals surface area contributed by atoms with E-state index >= 15 is 0 Å². The molecule has 0 N–H and O–H groups in total. The molecule has 0 atom stereocenters. The van der Waals surface area contributed by atoms with Crippen LogP contribution in [0, 0.1) is 0 Å². The van der Waals surface area contributed by atoms with Crippen LogP contribution in [0.15, 0.2) is 60.7 Å². The summed E-state index contributed by atoms with van der Waals surface area (Å²) in [5.74, 6) is 0. The summed E-state index contributed by atoms with van der Waals surface area (Å²) < 4.78 is 5.09. The first-order valence-corrected chi connectivity index (χ1v) is 7.51. The van der Waals surface area contributed by atoms with Crippen molar-refractivity contribution in [3.05, 3.63) is 71.8 Å². The molecule has 0 spiro atoms. The average molecular weight is 262 g/mol. The van der Waals surface area contributed by atoms with E-state index in [4.69, 9.17) is 4.18 Å². The zero-order valence-corrected chi connectivity index (χ0v) is 11.2. The Labute approximate surface area is 110 Å². The van der Waals surface area contributed by atoms with Gasteiger partial charge in [0.1, 0.15) is 0 Å². The quantitative estimate of drug-likeness (QED) is 0.570. The lowest BCUT2D eigenvalue weighted by molar-refractivity contribution is 0.498. The lowest BCUT2D eigenvalue weighted by Gasteiger charge is -2.15. The van der Waals surface area contributed by atoms with Crippen LogP contribution in [0.2, 0.25) is 0 Å². The van der Waals surface area contributed by atoms with Crippen LogP contribution < -0.4 is 0 Å². The van der Waals surface area contributed by atoms with Crippen LogP contribution in [-0.4, -0.2) is 7.11 Å². The molecule has 0 aliphatic carbocycles. The third-order valence-electron chi connectivity index (χ3n) is 2.41. The molecule has 0 saturated heterocycles. The molecule has 2 aromatic carbocycles. The summed E-state index contributed by atoms with van der Waals surface area (Å²) in [6.45, 7) is 0. The SMILES string of the molecule is COSSC(c1ccccc1)c1ccccc1. The molecule has 0 aromatic heterocycles. The van der Waals surface area contributed by atoms with Gasteiger partial charge in [0.15, 0.2) is 0 Å². The van der Waals surface area contributed by atoms with Gasteiger partial charge in [0.05, 0.1) is 23.4 Å². The van der Waals surface area contributed by atoms with Gasteiger partial charge in [0.25, 0.3) is 0 Å². The van der Waals surface area contributed by atoms with E-state index in [0.717, 1.165) is 0 Å². The Morgan fingerprint density at radius 1 is 0.824 bits per heavy atom. The minimum absolute atomic E-state index is 0.308. The highest BCUT2D eigenvalue weighted by Crippen LogP contribution is 2.42. The van der Waals surface area contributed by atoms with E-state index in [1.54, 1.807) is 17.9 Å². The molecule has 0 aliphatic rings. The molecular formula is C14H14OS2. The second-order valence-electron chi connectivity index (χ2n) is 3.53. The largest absolute Gasteiger partial charge is 0.308 e. The van der Waals surface area contributed by atoms with Crippen molar-refractivity contribution in [3.8, 4) is 0 Å². The minimum Gasteiger partial charge on any atom is -0.308 e. The van der Waals surface area contributed by atoms with Gasteiger partial charge in [-0.3, -0.25) is 0 Å². The van der Waals surface area contributed by atoms with Crippen molar-refractivity contribution in [1.82, 2.24) is 0 Å². The van der Waals surface area contributed by atoms with E-state index in [1.807, 2.05) is 12.1 Å². The molecule has 0 fully saturated rings. The zero-order valence-electron chi connectivity index (χ0n) is 9.58. The maximum absolute atomic E-state index is 5.09. The zero-order chi connectivity index (χ0) is 11.9. The van der Waals surface area contributed by atoms with Crippen molar-refractivity contribution in [2.24, 2.45) is 0 Å². The lowest BCUT2D eigenvalue weighted by Crippen LogP contribution is -1.94. The fourth-order valence-electron chi connectivity index (χ4n) is 1.64. The van der Waals surface area contributed by atoms with Crippen LogP contribution in [0.3, 0.4) is 0 Å². The van der Waals surface area contributed by atoms with Gasteiger partial charge >= 0.3 is 0 Å². The third-order valence-corrected chi connectivity index (χ3v) is 4.58. The molecule has 17 heavy (non-hydrogen) atoms. The van der Waals surface area contributed by atoms with Crippen molar-refractivity contribution in [2.75, 3.05) is 7.11 Å². The van der Waals surface area contributed by atoms with E-state index in [-0.39, 0.29) is 0 Å². The molecule has 88 valence electrons. The summed E-state index contributed by atoms with van der Waals surface area (Å²) in [6, 6.07) is 21.0. The number of rotatable bonds is 5. The Morgan fingerprint density at radius 2 is 1.29 bits per heavy atom. The predicted molar refractivity (Wildman–Crippen MR) is 76.9 cm³/mol. The first-order valence-electron chi connectivity index (χ1n) is 5.38. The predicted octanol–water partition coefficient (Wildman–Crippen LogP) is 4.72. The Morgan fingerprint density at radius 3 is 1.71 bits per heavy atom. The van der Waals surface area contributed by atoms with Crippen LogP contribution in [0.5, 0.6) is 0 Å². The van der Waals surface area contributed by atoms with E-state index in [0.29, 0.717) is 5.25 Å². The summed E-state index contributed by atoms with van der Waals surface area (Å²) in [5, 5.41) is 0.308. The maximum atomic E-state index is 5.09. The fraction of sp³-hybridized carbons (Fsp3) is 0.143. The average Bonchev–Trinajstić information content (AvgIpc) is 2.42. The Kier molecular flexibility index (Phi) is 4.98. The van der Waals surface area contributed by atoms with Crippen LogP contribution in [0.4, 0.5) is 0 Å². The van der Waals surface area contributed by atoms with Crippen LogP contribution in [0.25, 0.3) is 0 Å². The number of benzene rings is 2. The highest BCUT2D eigenvalue weighted by molar-refractivity contribution is 8.75. The molecule has 0 bridgehead atoms. The summed E-state index contributed by atoms with van der Waals surface area (Å²) in [6.07, 6.45) is 0. The van der Waals surface area contributed by atoms with Gasteiger partial charge in [-0.15, -0.1) is 0 Å². The molecular weight excluding hydrogens is 248 g/mol. The van der Waals surface area contributed by atoms with Gasteiger partial charge in [-0.1, -0.05) is 71.5 Å². The van der Waals surface area contributed by atoms with E-state index in [2.05, 4.69) is 48.5 Å². The van der Waals surface area contributed by atoms with Gasteiger partial charge in [0.2, 0.25) is 0 Å². The van der Waals surface area contributed by atoms with E-state index in [1.165, 1.54) is 22.2 Å². The van der Waals surface area contributed by atoms with Gasteiger partial charge in [0, 0.05) is 0 Å². The van der Waals surface area contributed by atoms with Gasteiger partial charge in [-0.05, 0) is 11.1 Å². The Balaban J connectivity index is 2.26. The molecule has 0 aliphatic heterocycles. The van der Waals surface area contributed by atoms with Crippen LogP contribution >= 0.6 is 21.9 Å². The maximum Gasteiger partial charge on any atom is 0.0672 e. The summed E-state index contributed by atoms with van der Waals surface area (Å²) in [4.78, 5) is 0. The lowest BCUT2D eigenvalue weighted by atomic mass is 10.0. The van der Waals surface area contributed by atoms with Crippen molar-refractivity contribution >= 4 is 21.9 Å². The molecule has 0 heterocycles. The summed E-state index contributed by atoms with van der Waals surface area (Å²) >= 11 is 1.42. The minimum atomic E-state index is 0.308. The van der Waals surface area contributed by atoms with Crippen LogP contribution in [-0.2, 0) is 4.18 Å². The van der Waals surface area contributed by atoms with Gasteiger partial charge < -0.3 is 4.18 Å². The fourth-order valence-corrected chi connectivity index (χ4v) is 3.47. The standard InChI is InChI=1S/C14H14OS2/c1-15-17-16-14(12-8-4-2-5-9-12)13-10-6-3-7-11-13/h2-11,14H,1H3. The van der Waals surface area contributed by atoms with Crippen molar-refractivity contribution in [3.63, 3.8) is 0 Å². The van der Waals surface area contributed by atoms with E-state index in [9.17, 15) is 0 Å². The van der Waals surface area contributed by atoms with Gasteiger partial charge in [-0.25, -0.2) is 0 Å². The number of hydrogen-bond donors (Lipinski definition) is 0. The van der Waals surface area contributed by atoms with Crippen molar-refractivity contribution < 1.29 is 4.18 Å². The molecule has 2 rings (SSSR count). The number of hydrogen-bond acceptors (Lipinski definition) is 3. The van der Waals surface area contributed by atoms with Gasteiger partial charge in [-0.2, -0.15) is 0 Å². The summed E-state index contributed by atoms with van der Waals surface area (Å²) in [7, 11) is 3.42. The molecule has 0 saturated carbocycles. The molecule has 1 nitrogen and oxygen atoms in total. The summed E-state index contributed by atoms with van der Waals surface area (Å²) in [5.41, 5.74) is 2.60. The molecule has 0 unspecified atom stereocenters. The molecule has 0 radical (unpaired) electrons.